The van der Waals surface area contributed by atoms with Gasteiger partial charge in [0.2, 0.25) is 0 Å². The number of hydrogen-bond acceptors (Lipinski definition) is 9. The van der Waals surface area contributed by atoms with Crippen LogP contribution in [0.4, 0.5) is 24.8 Å². The van der Waals surface area contributed by atoms with Crippen LogP contribution in [0.25, 0.3) is 0 Å². The zero-order chi connectivity index (χ0) is 28.3. The van der Waals surface area contributed by atoms with Gasteiger partial charge in [-0.05, 0) is 38.3 Å². The number of ether oxygens (including phenoxy) is 2. The summed E-state index contributed by atoms with van der Waals surface area (Å²) in [7, 11) is 1.71. The maximum atomic E-state index is 13.4. The Labute approximate surface area is 231 Å². The topological polar surface area (TPSA) is 96.0 Å². The fourth-order valence-corrected chi connectivity index (χ4v) is 5.70. The van der Waals surface area contributed by atoms with Crippen LogP contribution in [0.2, 0.25) is 0 Å². The molecule has 3 saturated heterocycles. The summed E-state index contributed by atoms with van der Waals surface area (Å²) in [5.41, 5.74) is 0.384. The average molecular weight is 564 g/mol. The van der Waals surface area contributed by atoms with E-state index in [4.69, 9.17) is 9.47 Å². The van der Waals surface area contributed by atoms with E-state index in [1.54, 1.807) is 7.11 Å². The van der Waals surface area contributed by atoms with E-state index in [0.29, 0.717) is 69.2 Å². The third-order valence-corrected chi connectivity index (χ3v) is 8.08. The number of carbonyl (C=O) groups excluding carboxylic acids is 1. The Balaban J connectivity index is 1.16. The minimum Gasteiger partial charge on any atom is -0.379 e. The number of alkyl halides is 3. The van der Waals surface area contributed by atoms with E-state index in [2.05, 4.69) is 25.2 Å². The Hall–Kier alpha value is -3.03. The molecule has 0 radical (unpaired) electrons. The van der Waals surface area contributed by atoms with Crippen molar-refractivity contribution in [2.45, 2.75) is 50.6 Å². The molecule has 2 unspecified atom stereocenters. The predicted octanol–water partition coefficient (Wildman–Crippen LogP) is 2.52. The van der Waals surface area contributed by atoms with Gasteiger partial charge in [-0.3, -0.25) is 4.79 Å². The van der Waals surface area contributed by atoms with Gasteiger partial charge in [0.25, 0.3) is 5.91 Å². The molecule has 10 nitrogen and oxygen atoms in total. The molecule has 0 spiro atoms. The third kappa shape index (κ3) is 6.31. The number of likely N-dealkylation sites (tertiary alicyclic amines) is 1. The molecule has 5 rings (SSSR count). The van der Waals surface area contributed by atoms with Crippen molar-refractivity contribution in [1.29, 1.82) is 0 Å². The first kappa shape index (κ1) is 28.5. The minimum atomic E-state index is -4.41. The van der Waals surface area contributed by atoms with Crippen molar-refractivity contribution in [3.8, 4) is 0 Å². The van der Waals surface area contributed by atoms with Crippen molar-refractivity contribution in [1.82, 2.24) is 25.2 Å². The summed E-state index contributed by atoms with van der Waals surface area (Å²) >= 11 is 0. The molecule has 13 heteroatoms. The van der Waals surface area contributed by atoms with Crippen LogP contribution in [-0.2, 0) is 15.7 Å². The zero-order valence-corrected chi connectivity index (χ0v) is 22.9. The average Bonchev–Trinajstić information content (AvgIpc) is 2.97. The predicted molar refractivity (Wildman–Crippen MR) is 143 cm³/mol. The smallest absolute Gasteiger partial charge is 0.379 e. The van der Waals surface area contributed by atoms with Crippen molar-refractivity contribution in [3.05, 3.63) is 41.5 Å². The first-order chi connectivity index (χ1) is 19.2. The third-order valence-electron chi connectivity index (χ3n) is 8.08. The highest BCUT2D eigenvalue weighted by Crippen LogP contribution is 2.30. The zero-order valence-electron chi connectivity index (χ0n) is 22.9. The Morgan fingerprint density at radius 2 is 1.75 bits per heavy atom. The van der Waals surface area contributed by atoms with Crippen LogP contribution in [-0.4, -0.2) is 104 Å². The largest absolute Gasteiger partial charge is 0.417 e. The molecule has 0 bridgehead atoms. The van der Waals surface area contributed by atoms with Crippen LogP contribution in [0.5, 0.6) is 0 Å². The Morgan fingerprint density at radius 3 is 2.40 bits per heavy atom. The summed E-state index contributed by atoms with van der Waals surface area (Å²) in [6.07, 6.45) is 0.569. The summed E-state index contributed by atoms with van der Waals surface area (Å²) in [6.45, 7) is 6.83. The maximum Gasteiger partial charge on any atom is 0.417 e. The van der Waals surface area contributed by atoms with Crippen molar-refractivity contribution in [3.63, 3.8) is 0 Å². The van der Waals surface area contributed by atoms with Crippen LogP contribution in [0, 0.1) is 6.92 Å². The van der Waals surface area contributed by atoms with Gasteiger partial charge in [0.15, 0.2) is 0 Å². The van der Waals surface area contributed by atoms with Crippen LogP contribution in [0.1, 0.15) is 40.9 Å². The highest BCUT2D eigenvalue weighted by Gasteiger charge is 2.33. The quantitative estimate of drug-likeness (QED) is 0.569. The number of amides is 1. The minimum absolute atomic E-state index is 0.0450. The molecule has 3 fully saturated rings. The maximum absolute atomic E-state index is 13.4. The molecule has 1 N–H and O–H groups in total. The number of nitrogens with zero attached hydrogens (tertiary/aromatic N) is 6. The van der Waals surface area contributed by atoms with E-state index in [0.717, 1.165) is 43.7 Å². The number of anilines is 2. The van der Waals surface area contributed by atoms with Crippen molar-refractivity contribution in [2.75, 3.05) is 69.4 Å². The second-order valence-electron chi connectivity index (χ2n) is 10.5. The molecular formula is C27H36F3N7O3. The first-order valence-electron chi connectivity index (χ1n) is 13.7. The lowest BCUT2D eigenvalue weighted by molar-refractivity contribution is -0.137. The fraction of sp³-hybridized carbons (Fsp3) is 0.630. The van der Waals surface area contributed by atoms with E-state index in [9.17, 15) is 18.0 Å². The second-order valence-corrected chi connectivity index (χ2v) is 10.5. The van der Waals surface area contributed by atoms with E-state index in [-0.39, 0.29) is 18.1 Å². The number of aromatic nitrogens is 3. The first-order valence-corrected chi connectivity index (χ1v) is 13.7. The summed E-state index contributed by atoms with van der Waals surface area (Å²) in [6, 6.07) is 3.04. The van der Waals surface area contributed by atoms with Crippen molar-refractivity contribution in [2.24, 2.45) is 0 Å². The standard InChI is InChI=1S/C27H36F3N7O3/c1-18-24(26(38)37-8-5-20(6-9-37)34-21-7-14-40-16-22(21)39-2)32-17-33-25(18)36-12-10-35(11-13-36)23-4-3-19(15-31-23)27(28,29)30/h3-4,15,17,20-22,34H,5-14,16H2,1-2H3. The van der Waals surface area contributed by atoms with Gasteiger partial charge >= 0.3 is 6.18 Å². The lowest BCUT2D eigenvalue weighted by Gasteiger charge is -2.38. The summed E-state index contributed by atoms with van der Waals surface area (Å²) < 4.78 is 49.7. The second kappa shape index (κ2) is 12.2. The lowest BCUT2D eigenvalue weighted by Crippen LogP contribution is -2.54. The van der Waals surface area contributed by atoms with Crippen LogP contribution in [0.3, 0.4) is 0 Å². The summed E-state index contributed by atoms with van der Waals surface area (Å²) in [4.78, 5) is 32.2. The number of methoxy groups -OCH3 is 1. The van der Waals surface area contributed by atoms with Crippen LogP contribution >= 0.6 is 0 Å². The van der Waals surface area contributed by atoms with E-state index in [1.807, 2.05) is 16.7 Å². The van der Waals surface area contributed by atoms with Gasteiger partial charge in [-0.15, -0.1) is 0 Å². The monoisotopic (exact) mass is 563 g/mol. The molecule has 2 aromatic rings. The van der Waals surface area contributed by atoms with Crippen LogP contribution < -0.4 is 15.1 Å². The van der Waals surface area contributed by atoms with Gasteiger partial charge in [0.05, 0.1) is 18.3 Å². The molecule has 3 aliphatic rings. The number of piperazine rings is 1. The number of carbonyl (C=O) groups is 1. The molecule has 3 aliphatic heterocycles. The Kier molecular flexibility index (Phi) is 8.71. The van der Waals surface area contributed by atoms with Gasteiger partial charge in [-0.2, -0.15) is 13.2 Å². The van der Waals surface area contributed by atoms with Gasteiger partial charge in [-0.1, -0.05) is 0 Å². The highest BCUT2D eigenvalue weighted by molar-refractivity contribution is 5.94. The summed E-state index contributed by atoms with van der Waals surface area (Å²) in [5.74, 6) is 1.13. The van der Waals surface area contributed by atoms with Crippen molar-refractivity contribution >= 4 is 17.5 Å². The molecular weight excluding hydrogens is 527 g/mol. The number of nitrogens with one attached hydrogen (secondary N) is 1. The molecule has 0 aliphatic carbocycles. The normalized spacial score (nSPS) is 23.0. The number of halogens is 3. The number of hydrogen-bond donors (Lipinski definition) is 1. The van der Waals surface area contributed by atoms with E-state index < -0.39 is 11.7 Å². The summed E-state index contributed by atoms with van der Waals surface area (Å²) in [5, 5.41) is 3.71. The fourth-order valence-electron chi connectivity index (χ4n) is 5.70. The number of piperidine rings is 1. The van der Waals surface area contributed by atoms with E-state index in [1.165, 1.54) is 12.4 Å². The molecule has 218 valence electrons. The van der Waals surface area contributed by atoms with Gasteiger partial charge in [0, 0.05) is 76.8 Å². The molecule has 5 heterocycles. The van der Waals surface area contributed by atoms with Gasteiger partial charge in [0.1, 0.15) is 23.7 Å². The number of pyridine rings is 1. The molecule has 2 atom stereocenters. The Morgan fingerprint density at radius 1 is 1.02 bits per heavy atom. The van der Waals surface area contributed by atoms with Crippen LogP contribution in [0.15, 0.2) is 24.7 Å². The molecule has 2 aromatic heterocycles. The molecule has 0 aromatic carbocycles. The molecule has 0 saturated carbocycles. The van der Waals surface area contributed by atoms with Gasteiger partial charge < -0.3 is 29.5 Å². The molecule has 40 heavy (non-hydrogen) atoms. The lowest BCUT2D eigenvalue weighted by atomic mass is 9.99. The number of rotatable bonds is 6. The van der Waals surface area contributed by atoms with E-state index >= 15 is 0 Å². The Bertz CT molecular complexity index is 1150. The van der Waals surface area contributed by atoms with Crippen molar-refractivity contribution < 1.29 is 27.4 Å². The molecule has 1 amide bonds. The van der Waals surface area contributed by atoms with Gasteiger partial charge in [-0.25, -0.2) is 15.0 Å². The SMILES string of the molecule is COC1COCCC1NC1CCN(C(=O)c2ncnc(N3CCN(c4ccc(C(F)(F)F)cn4)CC3)c2C)CC1. The highest BCUT2D eigenvalue weighted by atomic mass is 19.4.